The van der Waals surface area contributed by atoms with Crippen molar-refractivity contribution in [2.45, 2.75) is 33.4 Å². The van der Waals surface area contributed by atoms with Crippen molar-refractivity contribution in [1.29, 1.82) is 5.26 Å². The molecule has 0 aliphatic rings. The minimum Gasteiger partial charge on any atom is -0.348 e. The van der Waals surface area contributed by atoms with Gasteiger partial charge in [-0.15, -0.1) is 0 Å². The lowest BCUT2D eigenvalue weighted by Crippen LogP contribution is -2.36. The van der Waals surface area contributed by atoms with Gasteiger partial charge in [0.1, 0.15) is 18.2 Å². The molecule has 0 aliphatic heterocycles. The predicted molar refractivity (Wildman–Crippen MR) is 95.7 cm³/mol. The molecule has 130 valence electrons. The van der Waals surface area contributed by atoms with Crippen LogP contribution in [-0.2, 0) is 11.3 Å². The van der Waals surface area contributed by atoms with Gasteiger partial charge in [0.25, 0.3) is 5.56 Å². The van der Waals surface area contributed by atoms with Gasteiger partial charge < -0.3 is 5.32 Å². The molecular formula is C17H16Cl2N4O2. The van der Waals surface area contributed by atoms with E-state index in [2.05, 4.69) is 10.4 Å². The SMILES string of the molecule is Cc1nn(CC(=O)N[C@H](C)c2ccc(Cl)cc2Cl)c(=O)c(C#N)c1C. The number of nitriles is 1. The maximum atomic E-state index is 12.3. The molecule has 6 nitrogen and oxygen atoms in total. The highest BCUT2D eigenvalue weighted by atomic mass is 35.5. The Morgan fingerprint density at radius 3 is 2.68 bits per heavy atom. The molecule has 2 rings (SSSR count). The zero-order chi connectivity index (χ0) is 18.7. The number of nitrogens with zero attached hydrogens (tertiary/aromatic N) is 3. The number of nitrogens with one attached hydrogen (secondary N) is 1. The number of carbonyl (C=O) groups is 1. The van der Waals surface area contributed by atoms with Crippen LogP contribution in [0.25, 0.3) is 0 Å². The summed E-state index contributed by atoms with van der Waals surface area (Å²) in [5.74, 6) is -0.416. The minimum atomic E-state index is -0.585. The van der Waals surface area contributed by atoms with Crippen LogP contribution >= 0.6 is 23.2 Å². The molecule has 0 saturated carbocycles. The molecule has 0 saturated heterocycles. The van der Waals surface area contributed by atoms with E-state index in [1.165, 1.54) is 0 Å². The third kappa shape index (κ3) is 4.19. The van der Waals surface area contributed by atoms with E-state index in [1.807, 2.05) is 6.07 Å². The third-order valence-corrected chi connectivity index (χ3v) is 4.41. The Kier molecular flexibility index (Phi) is 5.83. The van der Waals surface area contributed by atoms with Crippen LogP contribution in [0.15, 0.2) is 23.0 Å². The van der Waals surface area contributed by atoms with Crippen LogP contribution in [0, 0.1) is 25.2 Å². The Balaban J connectivity index is 2.20. The lowest BCUT2D eigenvalue weighted by atomic mass is 10.1. The fourth-order valence-electron chi connectivity index (χ4n) is 2.36. The predicted octanol–water partition coefficient (Wildman–Crippen LogP) is 2.92. The maximum Gasteiger partial charge on any atom is 0.285 e. The maximum absolute atomic E-state index is 12.3. The van der Waals surface area contributed by atoms with Crippen LogP contribution in [-0.4, -0.2) is 15.7 Å². The number of halogens is 2. The molecule has 1 N–H and O–H groups in total. The smallest absolute Gasteiger partial charge is 0.285 e. The summed E-state index contributed by atoms with van der Waals surface area (Å²) < 4.78 is 0.992. The normalized spacial score (nSPS) is 11.7. The number of aromatic nitrogens is 2. The average molecular weight is 379 g/mol. The number of rotatable bonds is 4. The second-order valence-electron chi connectivity index (χ2n) is 5.62. The van der Waals surface area contributed by atoms with Gasteiger partial charge in [-0.1, -0.05) is 29.3 Å². The quantitative estimate of drug-likeness (QED) is 0.885. The van der Waals surface area contributed by atoms with Crippen molar-refractivity contribution in [3.05, 3.63) is 61.0 Å². The second-order valence-corrected chi connectivity index (χ2v) is 6.46. The Labute approximate surface area is 155 Å². The lowest BCUT2D eigenvalue weighted by Gasteiger charge is -2.16. The van der Waals surface area contributed by atoms with Crippen LogP contribution in [0.4, 0.5) is 0 Å². The van der Waals surface area contributed by atoms with Crippen molar-refractivity contribution in [2.24, 2.45) is 0 Å². The monoisotopic (exact) mass is 378 g/mol. The highest BCUT2D eigenvalue weighted by Crippen LogP contribution is 2.26. The average Bonchev–Trinajstić information content (AvgIpc) is 2.53. The van der Waals surface area contributed by atoms with Crippen molar-refractivity contribution in [2.75, 3.05) is 0 Å². The van der Waals surface area contributed by atoms with Gasteiger partial charge in [0.05, 0.1) is 11.7 Å². The number of aryl methyl sites for hydroxylation is 1. The van der Waals surface area contributed by atoms with E-state index in [9.17, 15) is 9.59 Å². The van der Waals surface area contributed by atoms with Gasteiger partial charge in [0.15, 0.2) is 0 Å². The summed E-state index contributed by atoms with van der Waals surface area (Å²) in [6, 6.07) is 6.48. The molecule has 0 aliphatic carbocycles. The summed E-state index contributed by atoms with van der Waals surface area (Å²) in [6.45, 7) is 4.81. The van der Waals surface area contributed by atoms with E-state index < -0.39 is 11.5 Å². The summed E-state index contributed by atoms with van der Waals surface area (Å²) in [6.07, 6.45) is 0. The van der Waals surface area contributed by atoms with Crippen molar-refractivity contribution in [3.8, 4) is 6.07 Å². The number of benzene rings is 1. The third-order valence-electron chi connectivity index (χ3n) is 3.85. The number of hydrogen-bond acceptors (Lipinski definition) is 4. The number of carbonyl (C=O) groups excluding carboxylic acids is 1. The van der Waals surface area contributed by atoms with Gasteiger partial charge in [0.2, 0.25) is 5.91 Å². The molecule has 2 aromatic rings. The minimum absolute atomic E-state index is 0.00547. The molecule has 1 aromatic carbocycles. The van der Waals surface area contributed by atoms with Crippen molar-refractivity contribution < 1.29 is 4.79 Å². The molecule has 1 atom stereocenters. The molecule has 1 aromatic heterocycles. The van der Waals surface area contributed by atoms with Crippen LogP contribution < -0.4 is 10.9 Å². The van der Waals surface area contributed by atoms with Crippen LogP contribution in [0.2, 0.25) is 10.0 Å². The van der Waals surface area contributed by atoms with E-state index in [0.717, 1.165) is 4.68 Å². The Morgan fingerprint density at radius 2 is 2.08 bits per heavy atom. The van der Waals surface area contributed by atoms with Crippen LogP contribution in [0.3, 0.4) is 0 Å². The van der Waals surface area contributed by atoms with E-state index in [-0.39, 0.29) is 18.2 Å². The van der Waals surface area contributed by atoms with Gasteiger partial charge in [-0.05, 0) is 44.0 Å². The Bertz CT molecular complexity index is 931. The number of amides is 1. The molecule has 1 heterocycles. The zero-order valence-electron chi connectivity index (χ0n) is 13.9. The van der Waals surface area contributed by atoms with Gasteiger partial charge in [0, 0.05) is 10.0 Å². The molecule has 8 heteroatoms. The van der Waals surface area contributed by atoms with Crippen LogP contribution in [0.1, 0.15) is 35.3 Å². The molecule has 0 unspecified atom stereocenters. The van der Waals surface area contributed by atoms with Crippen molar-refractivity contribution in [1.82, 2.24) is 15.1 Å². The largest absolute Gasteiger partial charge is 0.348 e. The van der Waals surface area contributed by atoms with Gasteiger partial charge >= 0.3 is 0 Å². The molecular weight excluding hydrogens is 363 g/mol. The summed E-state index contributed by atoms with van der Waals surface area (Å²) >= 11 is 12.0. The first-order chi connectivity index (χ1) is 11.7. The zero-order valence-corrected chi connectivity index (χ0v) is 15.4. The molecule has 0 radical (unpaired) electrons. The number of hydrogen-bond donors (Lipinski definition) is 1. The summed E-state index contributed by atoms with van der Waals surface area (Å²) in [4.78, 5) is 24.5. The van der Waals surface area contributed by atoms with Crippen LogP contribution in [0.5, 0.6) is 0 Å². The van der Waals surface area contributed by atoms with Gasteiger partial charge in [-0.3, -0.25) is 9.59 Å². The van der Waals surface area contributed by atoms with E-state index in [4.69, 9.17) is 28.5 Å². The molecule has 0 bridgehead atoms. The fraction of sp³-hybridized carbons (Fsp3) is 0.294. The standard InChI is InChI=1S/C17H16Cl2N4O2/c1-9-10(2)22-23(17(25)14(9)7-20)8-16(24)21-11(3)13-5-4-12(18)6-15(13)19/h4-6,11H,8H2,1-3H3,(H,21,24)/t11-/m1/s1. The molecule has 0 spiro atoms. The Morgan fingerprint density at radius 1 is 1.40 bits per heavy atom. The first kappa shape index (κ1) is 19.0. The highest BCUT2D eigenvalue weighted by molar-refractivity contribution is 6.35. The lowest BCUT2D eigenvalue weighted by molar-refractivity contribution is -0.122. The molecule has 0 fully saturated rings. The van der Waals surface area contributed by atoms with Gasteiger partial charge in [-0.2, -0.15) is 10.4 Å². The topological polar surface area (TPSA) is 87.8 Å². The first-order valence-corrected chi connectivity index (χ1v) is 8.23. The van der Waals surface area contributed by atoms with Crippen molar-refractivity contribution >= 4 is 29.1 Å². The highest BCUT2D eigenvalue weighted by Gasteiger charge is 2.16. The van der Waals surface area contributed by atoms with Crippen molar-refractivity contribution in [3.63, 3.8) is 0 Å². The second kappa shape index (κ2) is 7.68. The van der Waals surface area contributed by atoms with E-state index in [0.29, 0.717) is 26.9 Å². The summed E-state index contributed by atoms with van der Waals surface area (Å²) in [5, 5.41) is 16.9. The fourth-order valence-corrected chi connectivity index (χ4v) is 2.94. The van der Waals surface area contributed by atoms with E-state index in [1.54, 1.807) is 39.0 Å². The van der Waals surface area contributed by atoms with E-state index >= 15 is 0 Å². The summed E-state index contributed by atoms with van der Waals surface area (Å²) in [7, 11) is 0. The Hall–Kier alpha value is -2.36. The molecule has 1 amide bonds. The molecule has 25 heavy (non-hydrogen) atoms. The summed E-state index contributed by atoms with van der Waals surface area (Å²) in [5.41, 5.74) is 1.16. The first-order valence-electron chi connectivity index (χ1n) is 7.47. The van der Waals surface area contributed by atoms with Gasteiger partial charge in [-0.25, -0.2) is 4.68 Å².